The van der Waals surface area contributed by atoms with E-state index < -0.39 is 23.8 Å². The second-order valence-corrected chi connectivity index (χ2v) is 4.07. The molecule has 0 aliphatic rings. The highest BCUT2D eigenvalue weighted by Crippen LogP contribution is 2.23. The fraction of sp³-hybridized carbons (Fsp3) is 0.222. The van der Waals surface area contributed by atoms with E-state index >= 15 is 0 Å². The topological polar surface area (TPSA) is 81.1 Å². The van der Waals surface area contributed by atoms with E-state index in [-0.39, 0.29) is 6.54 Å². The van der Waals surface area contributed by atoms with Gasteiger partial charge in [-0.05, 0) is 28.1 Å². The maximum atomic E-state index is 12.8. The van der Waals surface area contributed by atoms with Gasteiger partial charge in [0.25, 0.3) is 6.43 Å². The number of rotatable bonds is 4. The van der Waals surface area contributed by atoms with Gasteiger partial charge in [0, 0.05) is 0 Å². The van der Waals surface area contributed by atoms with Crippen molar-refractivity contribution in [2.24, 2.45) is 0 Å². The zero-order valence-corrected chi connectivity index (χ0v) is 10.3. The van der Waals surface area contributed by atoms with Gasteiger partial charge in [0.1, 0.15) is 18.0 Å². The zero-order chi connectivity index (χ0) is 13.3. The third-order valence-corrected chi connectivity index (χ3v) is 2.54. The fourth-order valence-electron chi connectivity index (χ4n) is 1.39. The van der Waals surface area contributed by atoms with E-state index in [1.807, 2.05) is 0 Å². The molecule has 0 saturated carbocycles. The van der Waals surface area contributed by atoms with Crippen LogP contribution in [0.15, 0.2) is 21.2 Å². The quantitative estimate of drug-likeness (QED) is 0.934. The van der Waals surface area contributed by atoms with Crippen molar-refractivity contribution in [2.75, 3.05) is 0 Å². The Bertz CT molecular complexity index is 581. The molecule has 96 valence electrons. The standard InChI is InChI=1S/C9H6BrF2N3O3/c10-5-2-1-4(18-5)3-15-7(8(11)12)6(9(16)17)13-14-15/h1-2,8H,3H2,(H,16,17). The molecule has 6 nitrogen and oxygen atoms in total. The van der Waals surface area contributed by atoms with Crippen LogP contribution < -0.4 is 0 Å². The molecule has 0 aliphatic heterocycles. The number of carbonyl (C=O) groups is 1. The summed E-state index contributed by atoms with van der Waals surface area (Å²) >= 11 is 3.07. The van der Waals surface area contributed by atoms with Gasteiger partial charge < -0.3 is 9.52 Å². The molecule has 2 heterocycles. The summed E-state index contributed by atoms with van der Waals surface area (Å²) in [7, 11) is 0. The summed E-state index contributed by atoms with van der Waals surface area (Å²) in [6, 6.07) is 3.15. The summed E-state index contributed by atoms with van der Waals surface area (Å²) < 4.78 is 31.9. The van der Waals surface area contributed by atoms with Crippen molar-refractivity contribution in [1.82, 2.24) is 15.0 Å². The maximum Gasteiger partial charge on any atom is 0.358 e. The number of alkyl halides is 2. The first-order chi connectivity index (χ1) is 8.49. The molecule has 0 unspecified atom stereocenters. The lowest BCUT2D eigenvalue weighted by atomic mass is 10.3. The third kappa shape index (κ3) is 2.40. The van der Waals surface area contributed by atoms with Crippen LogP contribution in [0, 0.1) is 0 Å². The summed E-state index contributed by atoms with van der Waals surface area (Å²) in [6.45, 7) is -0.119. The number of furan rings is 1. The van der Waals surface area contributed by atoms with E-state index in [0.29, 0.717) is 10.4 Å². The largest absolute Gasteiger partial charge is 0.476 e. The Morgan fingerprint density at radius 1 is 1.56 bits per heavy atom. The van der Waals surface area contributed by atoms with Crippen LogP contribution in [0.4, 0.5) is 8.78 Å². The van der Waals surface area contributed by atoms with Crippen LogP contribution in [0.2, 0.25) is 0 Å². The fourth-order valence-corrected chi connectivity index (χ4v) is 1.73. The first-order valence-corrected chi connectivity index (χ1v) is 5.47. The highest BCUT2D eigenvalue weighted by atomic mass is 79.9. The minimum Gasteiger partial charge on any atom is -0.476 e. The Labute approximate surface area is 107 Å². The normalized spacial score (nSPS) is 11.1. The number of aromatic carboxylic acids is 1. The molecule has 0 aliphatic carbocycles. The Kier molecular flexibility index (Phi) is 3.41. The summed E-state index contributed by atoms with van der Waals surface area (Å²) in [5, 5.41) is 15.3. The number of carboxylic acids is 1. The van der Waals surface area contributed by atoms with Crippen LogP contribution in [0.1, 0.15) is 28.4 Å². The minimum atomic E-state index is -2.98. The number of carboxylic acid groups (broad SMARTS) is 1. The minimum absolute atomic E-state index is 0.119. The second-order valence-electron chi connectivity index (χ2n) is 3.29. The average molecular weight is 322 g/mol. The third-order valence-electron chi connectivity index (χ3n) is 2.12. The molecular formula is C9H6BrF2N3O3. The summed E-state index contributed by atoms with van der Waals surface area (Å²) in [4.78, 5) is 10.7. The van der Waals surface area contributed by atoms with E-state index in [2.05, 4.69) is 26.2 Å². The molecule has 18 heavy (non-hydrogen) atoms. The van der Waals surface area contributed by atoms with Gasteiger partial charge in [-0.15, -0.1) is 5.10 Å². The second kappa shape index (κ2) is 4.84. The summed E-state index contributed by atoms with van der Waals surface area (Å²) in [5.74, 6) is -1.19. The van der Waals surface area contributed by atoms with Crippen molar-refractivity contribution in [2.45, 2.75) is 13.0 Å². The van der Waals surface area contributed by atoms with Crippen molar-refractivity contribution in [3.63, 3.8) is 0 Å². The number of nitrogens with zero attached hydrogens (tertiary/aromatic N) is 3. The Balaban J connectivity index is 2.36. The molecular weight excluding hydrogens is 316 g/mol. The van der Waals surface area contributed by atoms with Crippen molar-refractivity contribution in [1.29, 1.82) is 0 Å². The number of hydrogen-bond acceptors (Lipinski definition) is 4. The van der Waals surface area contributed by atoms with Gasteiger partial charge in [-0.25, -0.2) is 18.3 Å². The molecule has 1 N–H and O–H groups in total. The molecule has 0 atom stereocenters. The average Bonchev–Trinajstić information content (AvgIpc) is 2.85. The first-order valence-electron chi connectivity index (χ1n) is 4.68. The molecule has 9 heteroatoms. The van der Waals surface area contributed by atoms with Crippen molar-refractivity contribution >= 4 is 21.9 Å². The van der Waals surface area contributed by atoms with Crippen LogP contribution in [0.3, 0.4) is 0 Å². The summed E-state index contributed by atoms with van der Waals surface area (Å²) in [6.07, 6.45) is -2.98. The molecule has 0 fully saturated rings. The predicted molar refractivity (Wildman–Crippen MR) is 57.4 cm³/mol. The molecule has 0 spiro atoms. The number of halogens is 3. The van der Waals surface area contributed by atoms with Gasteiger partial charge in [0.05, 0.1) is 0 Å². The SMILES string of the molecule is O=C(O)c1nnn(Cc2ccc(Br)o2)c1C(F)F. The van der Waals surface area contributed by atoms with E-state index in [1.165, 1.54) is 0 Å². The maximum absolute atomic E-state index is 12.8. The highest BCUT2D eigenvalue weighted by molar-refractivity contribution is 9.10. The lowest BCUT2D eigenvalue weighted by molar-refractivity contribution is 0.0675. The van der Waals surface area contributed by atoms with Gasteiger partial charge >= 0.3 is 5.97 Å². The summed E-state index contributed by atoms with van der Waals surface area (Å²) in [5.41, 5.74) is -1.49. The van der Waals surface area contributed by atoms with Gasteiger partial charge in [-0.1, -0.05) is 5.21 Å². The highest BCUT2D eigenvalue weighted by Gasteiger charge is 2.26. The van der Waals surface area contributed by atoms with Gasteiger partial charge in [-0.3, -0.25) is 0 Å². The van der Waals surface area contributed by atoms with Crippen molar-refractivity contribution < 1.29 is 23.1 Å². The first kappa shape index (κ1) is 12.7. The predicted octanol–water partition coefficient (Wildman–Crippen LogP) is 2.32. The molecule has 2 rings (SSSR count). The van der Waals surface area contributed by atoms with Crippen LogP contribution in [0.5, 0.6) is 0 Å². The lowest BCUT2D eigenvalue weighted by Gasteiger charge is -2.03. The molecule has 0 radical (unpaired) electrons. The van der Waals surface area contributed by atoms with Crippen LogP contribution >= 0.6 is 15.9 Å². The Hall–Kier alpha value is -1.77. The molecule has 0 bridgehead atoms. The van der Waals surface area contributed by atoms with E-state index in [0.717, 1.165) is 4.68 Å². The van der Waals surface area contributed by atoms with E-state index in [4.69, 9.17) is 9.52 Å². The van der Waals surface area contributed by atoms with Gasteiger partial charge in [-0.2, -0.15) is 0 Å². The zero-order valence-electron chi connectivity index (χ0n) is 8.68. The van der Waals surface area contributed by atoms with Gasteiger partial charge in [0.2, 0.25) is 0 Å². The van der Waals surface area contributed by atoms with Crippen LogP contribution in [-0.2, 0) is 6.54 Å². The monoisotopic (exact) mass is 321 g/mol. The Morgan fingerprint density at radius 3 is 2.78 bits per heavy atom. The molecule has 0 amide bonds. The molecule has 2 aromatic heterocycles. The smallest absolute Gasteiger partial charge is 0.358 e. The Morgan fingerprint density at radius 2 is 2.28 bits per heavy atom. The van der Waals surface area contributed by atoms with Gasteiger partial charge in [0.15, 0.2) is 10.4 Å². The number of hydrogen-bond donors (Lipinski definition) is 1. The molecule has 0 aromatic carbocycles. The molecule has 2 aromatic rings. The van der Waals surface area contributed by atoms with Crippen LogP contribution in [-0.4, -0.2) is 26.1 Å². The van der Waals surface area contributed by atoms with Crippen molar-refractivity contribution in [3.05, 3.63) is 34.0 Å². The van der Waals surface area contributed by atoms with E-state index in [9.17, 15) is 13.6 Å². The van der Waals surface area contributed by atoms with E-state index in [1.54, 1.807) is 12.1 Å². The lowest BCUT2D eigenvalue weighted by Crippen LogP contribution is -2.09. The van der Waals surface area contributed by atoms with Crippen LogP contribution in [0.25, 0.3) is 0 Å². The number of aromatic nitrogens is 3. The molecule has 0 saturated heterocycles. The van der Waals surface area contributed by atoms with Crippen molar-refractivity contribution in [3.8, 4) is 0 Å².